The molecule has 0 saturated heterocycles. The van der Waals surface area contributed by atoms with Gasteiger partial charge in [0.25, 0.3) is 0 Å². The number of ether oxygens (including phenoxy) is 1. The summed E-state index contributed by atoms with van der Waals surface area (Å²) < 4.78 is 4.81. The van der Waals surface area contributed by atoms with Crippen molar-refractivity contribution in [3.8, 4) is 12.1 Å². The Morgan fingerprint density at radius 1 is 1.32 bits per heavy atom. The largest absolute Gasteiger partial charge is 0.444 e. The topological polar surface area (TPSA) is 103 Å². The highest BCUT2D eigenvalue weighted by atomic mass is 16.5. The minimum atomic E-state index is -0.817. The zero-order chi connectivity index (χ0) is 14.3. The third-order valence-corrected chi connectivity index (χ3v) is 2.11. The molecule has 1 aromatic carbocycles. The first-order valence-corrected chi connectivity index (χ1v) is 5.44. The summed E-state index contributed by atoms with van der Waals surface area (Å²) in [5, 5.41) is 19.4. The molecule has 6 nitrogen and oxygen atoms in total. The Hall–Kier alpha value is -2.86. The van der Waals surface area contributed by atoms with Crippen LogP contribution in [0.2, 0.25) is 0 Å². The number of nitriles is 2. The normalized spacial score (nSPS) is 10.7. The van der Waals surface area contributed by atoms with Gasteiger partial charge in [0, 0.05) is 5.69 Å². The van der Waals surface area contributed by atoms with E-state index in [1.165, 1.54) is 31.2 Å². The number of benzene rings is 1. The molecule has 96 valence electrons. The molecule has 0 saturated carbocycles. The molecule has 0 aliphatic carbocycles. The highest BCUT2D eigenvalue weighted by Crippen LogP contribution is 2.11. The van der Waals surface area contributed by atoms with Crippen LogP contribution in [0.25, 0.3) is 0 Å². The predicted octanol–water partition coefficient (Wildman–Crippen LogP) is 1.61. The van der Waals surface area contributed by atoms with E-state index in [1.54, 1.807) is 12.1 Å². The number of nitrogens with one attached hydrogen (secondary N) is 1. The highest BCUT2D eigenvalue weighted by molar-refractivity contribution is 5.93. The van der Waals surface area contributed by atoms with Gasteiger partial charge in [0.2, 0.25) is 5.91 Å². The van der Waals surface area contributed by atoms with Crippen LogP contribution in [0.3, 0.4) is 0 Å². The van der Waals surface area contributed by atoms with Crippen LogP contribution in [-0.2, 0) is 9.53 Å². The van der Waals surface area contributed by atoms with Gasteiger partial charge < -0.3 is 10.1 Å². The lowest BCUT2D eigenvalue weighted by Crippen LogP contribution is -2.13. The molecule has 1 N–H and O–H groups in total. The first kappa shape index (κ1) is 14.2. The molecule has 1 rings (SSSR count). The molecular weight excluding hydrogens is 246 g/mol. The lowest BCUT2D eigenvalue weighted by Gasteiger charge is -2.07. The molecule has 0 aliphatic heterocycles. The van der Waals surface area contributed by atoms with Crippen molar-refractivity contribution in [2.45, 2.75) is 19.4 Å². The highest BCUT2D eigenvalue weighted by Gasteiger charge is 2.11. The Morgan fingerprint density at radius 3 is 2.47 bits per heavy atom. The van der Waals surface area contributed by atoms with Gasteiger partial charge in [0.05, 0.1) is 11.6 Å². The van der Waals surface area contributed by atoms with E-state index in [1.807, 2.05) is 0 Å². The molecule has 0 aromatic heterocycles. The number of rotatable bonds is 4. The molecular formula is C13H11N3O3. The van der Waals surface area contributed by atoms with Gasteiger partial charge in [-0.2, -0.15) is 10.5 Å². The van der Waals surface area contributed by atoms with Gasteiger partial charge >= 0.3 is 5.97 Å². The second-order valence-corrected chi connectivity index (χ2v) is 3.64. The van der Waals surface area contributed by atoms with E-state index in [9.17, 15) is 9.59 Å². The molecule has 6 heteroatoms. The molecule has 19 heavy (non-hydrogen) atoms. The van der Waals surface area contributed by atoms with E-state index in [-0.39, 0.29) is 12.0 Å². The van der Waals surface area contributed by atoms with Crippen molar-refractivity contribution < 1.29 is 14.3 Å². The van der Waals surface area contributed by atoms with Crippen LogP contribution in [0, 0.1) is 22.7 Å². The second-order valence-electron chi connectivity index (χ2n) is 3.64. The number of anilines is 1. The zero-order valence-corrected chi connectivity index (χ0v) is 10.2. The predicted molar refractivity (Wildman–Crippen MR) is 65.8 cm³/mol. The number of hydrogen-bond acceptors (Lipinski definition) is 5. The van der Waals surface area contributed by atoms with Crippen molar-refractivity contribution >= 4 is 17.6 Å². The monoisotopic (exact) mass is 257 g/mol. The van der Waals surface area contributed by atoms with Crippen molar-refractivity contribution in [2.24, 2.45) is 0 Å². The molecule has 1 atom stereocenters. The first-order valence-electron chi connectivity index (χ1n) is 5.44. The van der Waals surface area contributed by atoms with Crippen LogP contribution in [0.1, 0.15) is 23.7 Å². The van der Waals surface area contributed by atoms with E-state index < -0.39 is 18.0 Å². The number of esters is 1. The maximum absolute atomic E-state index is 11.5. The Bertz CT molecular complexity index is 552. The van der Waals surface area contributed by atoms with Gasteiger partial charge in [-0.05, 0) is 31.2 Å². The summed E-state index contributed by atoms with van der Waals surface area (Å²) in [6, 6.07) is 9.48. The first-order chi connectivity index (χ1) is 9.06. The average Bonchev–Trinajstić information content (AvgIpc) is 2.39. The van der Waals surface area contributed by atoms with Gasteiger partial charge in [0.1, 0.15) is 12.5 Å². The van der Waals surface area contributed by atoms with Crippen LogP contribution < -0.4 is 5.32 Å². The molecule has 0 unspecified atom stereocenters. The summed E-state index contributed by atoms with van der Waals surface area (Å²) in [6.45, 7) is 1.47. The summed E-state index contributed by atoms with van der Waals surface area (Å²) >= 11 is 0. The van der Waals surface area contributed by atoms with Crippen molar-refractivity contribution in [1.82, 2.24) is 0 Å². The molecule has 1 amide bonds. The van der Waals surface area contributed by atoms with Gasteiger partial charge in [0.15, 0.2) is 6.10 Å². The van der Waals surface area contributed by atoms with Crippen LogP contribution in [0.15, 0.2) is 24.3 Å². The standard InChI is InChI=1S/C13H11N3O3/c1-9(8-15)19-13(18)10-2-4-11(5-3-10)16-12(17)6-7-14/h2-5,9H,6H2,1H3,(H,16,17)/t9-/m0/s1. The summed E-state index contributed by atoms with van der Waals surface area (Å²) in [7, 11) is 0. The second kappa shape index (κ2) is 6.77. The van der Waals surface area contributed by atoms with E-state index in [0.29, 0.717) is 5.69 Å². The average molecular weight is 257 g/mol. The van der Waals surface area contributed by atoms with Crippen LogP contribution in [-0.4, -0.2) is 18.0 Å². The fourth-order valence-corrected chi connectivity index (χ4v) is 1.22. The van der Waals surface area contributed by atoms with Crippen molar-refractivity contribution in [3.63, 3.8) is 0 Å². The van der Waals surface area contributed by atoms with Crippen LogP contribution in [0.4, 0.5) is 5.69 Å². The maximum Gasteiger partial charge on any atom is 0.339 e. The van der Waals surface area contributed by atoms with Crippen LogP contribution in [0.5, 0.6) is 0 Å². The summed E-state index contributed by atoms with van der Waals surface area (Å²) in [5.41, 5.74) is 0.755. The van der Waals surface area contributed by atoms with Gasteiger partial charge in [-0.1, -0.05) is 0 Å². The summed E-state index contributed by atoms with van der Waals surface area (Å²) in [5.74, 6) is -1.03. The Kier molecular flexibility index (Phi) is 5.06. The number of carbonyl (C=O) groups is 2. The van der Waals surface area contributed by atoms with Gasteiger partial charge in [-0.15, -0.1) is 0 Å². The van der Waals surface area contributed by atoms with Crippen molar-refractivity contribution in [2.75, 3.05) is 5.32 Å². The number of carbonyl (C=O) groups excluding carboxylic acids is 2. The van der Waals surface area contributed by atoms with Crippen molar-refractivity contribution in [1.29, 1.82) is 10.5 Å². The third kappa shape index (κ3) is 4.49. The number of nitrogens with zero attached hydrogens (tertiary/aromatic N) is 2. The minimum absolute atomic E-state index is 0.233. The summed E-state index contributed by atoms with van der Waals surface area (Å²) in [4.78, 5) is 22.7. The molecule has 0 bridgehead atoms. The Labute approximate surface area is 110 Å². The molecule has 0 radical (unpaired) electrons. The van der Waals surface area contributed by atoms with E-state index in [4.69, 9.17) is 15.3 Å². The van der Waals surface area contributed by atoms with E-state index in [0.717, 1.165) is 0 Å². The molecule has 0 spiro atoms. The van der Waals surface area contributed by atoms with E-state index >= 15 is 0 Å². The number of amides is 1. The molecule has 0 fully saturated rings. The minimum Gasteiger partial charge on any atom is -0.444 e. The maximum atomic E-state index is 11.5. The number of hydrogen-bond donors (Lipinski definition) is 1. The smallest absolute Gasteiger partial charge is 0.339 e. The lowest BCUT2D eigenvalue weighted by atomic mass is 10.2. The summed E-state index contributed by atoms with van der Waals surface area (Å²) in [6.07, 6.45) is -1.05. The van der Waals surface area contributed by atoms with Crippen molar-refractivity contribution in [3.05, 3.63) is 29.8 Å². The molecule has 0 aliphatic rings. The van der Waals surface area contributed by atoms with E-state index in [2.05, 4.69) is 5.32 Å². The van der Waals surface area contributed by atoms with Gasteiger partial charge in [-0.3, -0.25) is 4.79 Å². The fraction of sp³-hybridized carbons (Fsp3) is 0.231. The third-order valence-electron chi connectivity index (χ3n) is 2.11. The Balaban J connectivity index is 2.67. The SMILES string of the molecule is C[C@@H](C#N)OC(=O)c1ccc(NC(=O)CC#N)cc1. The van der Waals surface area contributed by atoms with Gasteiger partial charge in [-0.25, -0.2) is 4.79 Å². The lowest BCUT2D eigenvalue weighted by molar-refractivity contribution is -0.115. The fourth-order valence-electron chi connectivity index (χ4n) is 1.22. The molecule has 1 aromatic rings. The molecule has 0 heterocycles. The van der Waals surface area contributed by atoms with Crippen LogP contribution >= 0.6 is 0 Å². The zero-order valence-electron chi connectivity index (χ0n) is 10.2. The quantitative estimate of drug-likeness (QED) is 0.825. The Morgan fingerprint density at radius 2 is 1.95 bits per heavy atom.